The van der Waals surface area contributed by atoms with E-state index in [0.717, 1.165) is 43.4 Å². The summed E-state index contributed by atoms with van der Waals surface area (Å²) in [6, 6.07) is 17.3. The number of carbonyl (C=O) groups is 2. The summed E-state index contributed by atoms with van der Waals surface area (Å²) < 4.78 is 0. The summed E-state index contributed by atoms with van der Waals surface area (Å²) in [6.45, 7) is 6.34. The van der Waals surface area contributed by atoms with Crippen LogP contribution in [0.5, 0.6) is 0 Å². The van der Waals surface area contributed by atoms with Crippen LogP contribution in [0.25, 0.3) is 22.4 Å². The molecule has 1 fully saturated rings. The highest BCUT2D eigenvalue weighted by Gasteiger charge is 2.24. The Kier molecular flexibility index (Phi) is 9.38. The van der Waals surface area contributed by atoms with E-state index in [-0.39, 0.29) is 11.8 Å². The molecule has 2 amide bonds. The lowest BCUT2D eigenvalue weighted by Crippen LogP contribution is -2.49. The number of piperazine rings is 1. The highest BCUT2D eigenvalue weighted by Crippen LogP contribution is 2.27. The van der Waals surface area contributed by atoms with Gasteiger partial charge in [0.1, 0.15) is 17.2 Å². The second-order valence-electron chi connectivity index (χ2n) is 10.1. The number of anilines is 1. The second-order valence-corrected chi connectivity index (χ2v) is 10.9. The zero-order chi connectivity index (χ0) is 28.8. The van der Waals surface area contributed by atoms with Gasteiger partial charge in [-0.3, -0.25) is 14.5 Å². The second kappa shape index (κ2) is 13.3. The molecule has 0 unspecified atom stereocenters. The molecular formula is C30H33Cl2N7O2. The van der Waals surface area contributed by atoms with Gasteiger partial charge in [-0.05, 0) is 43.1 Å². The maximum absolute atomic E-state index is 13.5. The Morgan fingerprint density at radius 1 is 0.951 bits per heavy atom. The Hall–Kier alpha value is -3.66. The first kappa shape index (κ1) is 28.9. The van der Waals surface area contributed by atoms with Crippen molar-refractivity contribution in [3.8, 4) is 11.4 Å². The fraction of sp³-hybridized carbons (Fsp3) is 0.333. The topological polar surface area (TPSA) is 106 Å². The van der Waals surface area contributed by atoms with Crippen LogP contribution in [0.4, 0.5) is 5.82 Å². The first-order valence-corrected chi connectivity index (χ1v) is 14.5. The molecule has 4 aromatic rings. The van der Waals surface area contributed by atoms with Crippen molar-refractivity contribution in [2.75, 3.05) is 51.1 Å². The molecule has 3 heterocycles. The molecule has 3 N–H and O–H groups in total. The van der Waals surface area contributed by atoms with Gasteiger partial charge in [0.25, 0.3) is 5.91 Å². The number of nitrogens with one attached hydrogen (secondary N) is 3. The first-order valence-electron chi connectivity index (χ1n) is 13.8. The van der Waals surface area contributed by atoms with Gasteiger partial charge in [0.15, 0.2) is 5.82 Å². The number of aromatic amines is 1. The Balaban J connectivity index is 1.23. The Morgan fingerprint density at radius 2 is 1.73 bits per heavy atom. The number of halogens is 2. The number of rotatable bonds is 10. The summed E-state index contributed by atoms with van der Waals surface area (Å²) in [4.78, 5) is 41.7. The number of H-pyrrole nitrogens is 1. The monoisotopic (exact) mass is 593 g/mol. The van der Waals surface area contributed by atoms with Crippen molar-refractivity contribution in [3.63, 3.8) is 0 Å². The lowest BCUT2D eigenvalue weighted by molar-refractivity contribution is -0.118. The lowest BCUT2D eigenvalue weighted by atomic mass is 10.1. The quantitative estimate of drug-likeness (QED) is 0.226. The Bertz CT molecular complexity index is 1520. The van der Waals surface area contributed by atoms with Crippen molar-refractivity contribution in [3.05, 3.63) is 75.9 Å². The number of hydrogen-bond acceptors (Lipinski definition) is 6. The number of nitrogens with zero attached hydrogens (tertiary/aromatic N) is 4. The normalized spacial score (nSPS) is 13.9. The van der Waals surface area contributed by atoms with Gasteiger partial charge in [0.05, 0.1) is 15.4 Å². The molecule has 1 aliphatic heterocycles. The van der Waals surface area contributed by atoms with E-state index in [9.17, 15) is 9.59 Å². The van der Waals surface area contributed by atoms with Crippen molar-refractivity contribution in [1.82, 2.24) is 30.1 Å². The molecule has 0 radical (unpaired) electrons. The SMILES string of the molecule is CC(=O)NCCNc1nc(-c2ccccc2)nc2[nH]c(C(=O)N3CCN(CCCc4ccc(Cl)c(Cl)c4)CC3)cc12. The van der Waals surface area contributed by atoms with Crippen LogP contribution in [0.1, 0.15) is 29.4 Å². The van der Waals surface area contributed by atoms with Gasteiger partial charge in [-0.1, -0.05) is 59.6 Å². The molecular weight excluding hydrogens is 561 g/mol. The zero-order valence-corrected chi connectivity index (χ0v) is 24.4. The third-order valence-electron chi connectivity index (χ3n) is 7.12. The molecule has 2 aromatic heterocycles. The predicted molar refractivity (Wildman–Crippen MR) is 164 cm³/mol. The number of carbonyl (C=O) groups excluding carboxylic acids is 2. The fourth-order valence-corrected chi connectivity index (χ4v) is 5.26. The van der Waals surface area contributed by atoms with Gasteiger partial charge in [-0.2, -0.15) is 0 Å². The van der Waals surface area contributed by atoms with Gasteiger partial charge in [0.2, 0.25) is 5.91 Å². The highest BCUT2D eigenvalue weighted by molar-refractivity contribution is 6.42. The molecule has 0 aliphatic carbocycles. The lowest BCUT2D eigenvalue weighted by Gasteiger charge is -2.34. The summed E-state index contributed by atoms with van der Waals surface area (Å²) >= 11 is 12.2. The maximum atomic E-state index is 13.5. The van der Waals surface area contributed by atoms with E-state index in [2.05, 4.69) is 20.5 Å². The van der Waals surface area contributed by atoms with Crippen LogP contribution >= 0.6 is 23.2 Å². The van der Waals surface area contributed by atoms with Gasteiger partial charge in [-0.15, -0.1) is 0 Å². The van der Waals surface area contributed by atoms with Crippen molar-refractivity contribution in [2.45, 2.75) is 19.8 Å². The van der Waals surface area contributed by atoms with Crippen LogP contribution in [0.3, 0.4) is 0 Å². The largest absolute Gasteiger partial charge is 0.368 e. The van der Waals surface area contributed by atoms with Crippen LogP contribution in [0.15, 0.2) is 54.6 Å². The maximum Gasteiger partial charge on any atom is 0.270 e. The van der Waals surface area contributed by atoms with Gasteiger partial charge in [-0.25, -0.2) is 9.97 Å². The molecule has 9 nitrogen and oxygen atoms in total. The van der Waals surface area contributed by atoms with E-state index in [4.69, 9.17) is 33.2 Å². The standard InChI is InChI=1S/C30H33Cl2N7O2/c1-20(40)33-11-12-34-28-23-19-26(35-29(23)37-27(36-28)22-7-3-2-4-8-22)30(41)39-16-14-38(15-17-39)13-5-6-21-9-10-24(31)25(32)18-21/h2-4,7-10,18-19H,5-6,11-17H2,1H3,(H,33,40)(H2,34,35,36,37). The van der Waals surface area contributed by atoms with Crippen LogP contribution < -0.4 is 10.6 Å². The third kappa shape index (κ3) is 7.35. The van der Waals surface area contributed by atoms with Crippen molar-refractivity contribution >= 4 is 51.9 Å². The minimum absolute atomic E-state index is 0.0519. The minimum atomic E-state index is -0.0919. The number of aryl methyl sites for hydroxylation is 1. The smallest absolute Gasteiger partial charge is 0.270 e. The summed E-state index contributed by atoms with van der Waals surface area (Å²) in [6.07, 6.45) is 1.94. The zero-order valence-electron chi connectivity index (χ0n) is 22.9. The van der Waals surface area contributed by atoms with Crippen LogP contribution in [-0.2, 0) is 11.2 Å². The first-order chi connectivity index (χ1) is 19.9. The van der Waals surface area contributed by atoms with Crippen LogP contribution in [-0.4, -0.2) is 82.4 Å². The molecule has 5 rings (SSSR count). The molecule has 11 heteroatoms. The molecule has 0 bridgehead atoms. The van der Waals surface area contributed by atoms with Crippen LogP contribution in [0, 0.1) is 0 Å². The van der Waals surface area contributed by atoms with Crippen molar-refractivity contribution in [1.29, 1.82) is 0 Å². The number of aromatic nitrogens is 3. The molecule has 0 atom stereocenters. The summed E-state index contributed by atoms with van der Waals surface area (Å²) in [5, 5.41) is 7.97. The van der Waals surface area contributed by atoms with Gasteiger partial charge < -0.3 is 20.5 Å². The van der Waals surface area contributed by atoms with E-state index >= 15 is 0 Å². The average Bonchev–Trinajstić information content (AvgIpc) is 3.42. The predicted octanol–water partition coefficient (Wildman–Crippen LogP) is 4.87. The van der Waals surface area contributed by atoms with Crippen molar-refractivity contribution < 1.29 is 9.59 Å². The molecule has 1 aliphatic rings. The summed E-state index contributed by atoms with van der Waals surface area (Å²) in [5.74, 6) is 1.02. The number of fused-ring (bicyclic) bond motifs is 1. The van der Waals surface area contributed by atoms with Crippen LogP contribution in [0.2, 0.25) is 10.0 Å². The van der Waals surface area contributed by atoms with E-state index in [1.807, 2.05) is 59.5 Å². The molecule has 1 saturated heterocycles. The van der Waals surface area contributed by atoms with Crippen molar-refractivity contribution in [2.24, 2.45) is 0 Å². The molecule has 0 spiro atoms. The molecule has 2 aromatic carbocycles. The Labute approximate surface area is 249 Å². The Morgan fingerprint density at radius 3 is 2.46 bits per heavy atom. The van der Waals surface area contributed by atoms with E-state index in [0.29, 0.717) is 59.2 Å². The fourth-order valence-electron chi connectivity index (χ4n) is 4.94. The molecule has 214 valence electrons. The minimum Gasteiger partial charge on any atom is -0.368 e. The summed E-state index contributed by atoms with van der Waals surface area (Å²) in [7, 11) is 0. The van der Waals surface area contributed by atoms with E-state index in [1.165, 1.54) is 12.5 Å². The number of amides is 2. The molecule has 0 saturated carbocycles. The average molecular weight is 595 g/mol. The third-order valence-corrected chi connectivity index (χ3v) is 7.86. The number of hydrogen-bond donors (Lipinski definition) is 3. The number of benzene rings is 2. The summed E-state index contributed by atoms with van der Waals surface area (Å²) in [5.41, 5.74) is 3.12. The van der Waals surface area contributed by atoms with Gasteiger partial charge in [0, 0.05) is 51.8 Å². The van der Waals surface area contributed by atoms with E-state index in [1.54, 1.807) is 0 Å². The highest BCUT2D eigenvalue weighted by atomic mass is 35.5. The van der Waals surface area contributed by atoms with Gasteiger partial charge >= 0.3 is 0 Å². The van der Waals surface area contributed by atoms with E-state index < -0.39 is 0 Å². The molecule has 41 heavy (non-hydrogen) atoms.